The van der Waals surface area contributed by atoms with E-state index in [-0.39, 0.29) is 40.4 Å². The van der Waals surface area contributed by atoms with Gasteiger partial charge in [-0.2, -0.15) is 0 Å². The molecule has 2 N–H and O–H groups in total. The first kappa shape index (κ1) is 21.8. The summed E-state index contributed by atoms with van der Waals surface area (Å²) < 4.78 is 11.9. The summed E-state index contributed by atoms with van der Waals surface area (Å²) in [5, 5.41) is 32.3. The molecule has 2 heterocycles. The average Bonchev–Trinajstić information content (AvgIpc) is 2.73. The van der Waals surface area contributed by atoms with E-state index >= 15 is 0 Å². The number of non-ortho nitro benzene ring substituents is 1. The lowest BCUT2D eigenvalue weighted by atomic mass is 9.85. The first-order valence-electron chi connectivity index (χ1n) is 10.3. The fourth-order valence-electron chi connectivity index (χ4n) is 4.20. The van der Waals surface area contributed by atoms with Crippen molar-refractivity contribution in [3.05, 3.63) is 73.6 Å². The fourth-order valence-corrected chi connectivity index (χ4v) is 4.20. The number of aliphatic hydroxyl groups is 1. The Morgan fingerprint density at radius 3 is 2.66 bits per heavy atom. The molecule has 0 unspecified atom stereocenters. The van der Waals surface area contributed by atoms with Crippen molar-refractivity contribution >= 4 is 16.7 Å². The second-order valence-electron chi connectivity index (χ2n) is 8.17. The first-order valence-corrected chi connectivity index (χ1v) is 10.3. The number of likely N-dealkylation sites (tertiary alicyclic amines) is 1. The number of piperidine rings is 1. The van der Waals surface area contributed by atoms with Crippen LogP contribution in [-0.2, 0) is 6.61 Å². The number of nitro benzene ring substituents is 1. The molecule has 0 bridgehead atoms. The van der Waals surface area contributed by atoms with E-state index < -0.39 is 11.0 Å². The van der Waals surface area contributed by atoms with Crippen molar-refractivity contribution < 1.29 is 24.3 Å². The van der Waals surface area contributed by atoms with Crippen molar-refractivity contribution in [3.8, 4) is 11.5 Å². The highest BCUT2D eigenvalue weighted by molar-refractivity contribution is 5.88. The number of rotatable bonds is 5. The van der Waals surface area contributed by atoms with E-state index in [0.717, 1.165) is 6.54 Å². The number of hydrogen-bond donors (Lipinski definition) is 2. The Bertz CT molecular complexity index is 1220. The molecule has 168 valence electrons. The molecule has 0 amide bonds. The van der Waals surface area contributed by atoms with E-state index in [0.29, 0.717) is 35.6 Å². The maximum atomic E-state index is 12.6. The van der Waals surface area contributed by atoms with Gasteiger partial charge in [-0.1, -0.05) is 0 Å². The third kappa shape index (κ3) is 4.17. The van der Waals surface area contributed by atoms with Gasteiger partial charge in [0.15, 0.2) is 5.43 Å². The van der Waals surface area contributed by atoms with Crippen LogP contribution in [0.2, 0.25) is 0 Å². The molecule has 2 atom stereocenters. The van der Waals surface area contributed by atoms with Gasteiger partial charge < -0.3 is 24.3 Å². The van der Waals surface area contributed by atoms with Crippen LogP contribution in [0.25, 0.3) is 11.0 Å². The Morgan fingerprint density at radius 1 is 1.28 bits per heavy atom. The van der Waals surface area contributed by atoms with Crippen LogP contribution >= 0.6 is 0 Å². The van der Waals surface area contributed by atoms with Gasteiger partial charge in [-0.25, -0.2) is 0 Å². The second-order valence-corrected chi connectivity index (χ2v) is 8.17. The number of phenols is 1. The molecule has 0 aliphatic carbocycles. The predicted octanol–water partition coefficient (Wildman–Crippen LogP) is 3.07. The van der Waals surface area contributed by atoms with E-state index in [2.05, 4.69) is 0 Å². The van der Waals surface area contributed by atoms with E-state index in [1.807, 2.05) is 11.9 Å². The number of hydrogen-bond acceptors (Lipinski definition) is 8. The number of β-amino-alcohol motifs (C(OH)–C–C–N with tert-alkyl or cyclic N) is 1. The zero-order valence-corrected chi connectivity index (χ0v) is 17.8. The normalized spacial score (nSPS) is 19.2. The molecule has 2 aromatic carbocycles. The van der Waals surface area contributed by atoms with Gasteiger partial charge in [0.05, 0.1) is 11.0 Å². The Labute approximate surface area is 183 Å². The molecular formula is C23H24N2O7. The standard InChI is InChI=1S/C23H24N2O7/c1-13-9-17(26)22-18(27)10-20(31-12-14-3-5-15(6-4-14)25(29)30)21(23(22)32-13)16-7-8-24(2)11-19(16)28/h3-6,9-10,16,19,27-28H,7-8,11-12H2,1-2H3/t16-,19+/m0/s1. The summed E-state index contributed by atoms with van der Waals surface area (Å²) in [7, 11) is 1.92. The summed E-state index contributed by atoms with van der Waals surface area (Å²) in [5.74, 6) is 0.0681. The van der Waals surface area contributed by atoms with Gasteiger partial charge in [0.25, 0.3) is 5.69 Å². The number of benzene rings is 2. The molecule has 0 saturated carbocycles. The number of nitro groups is 1. The quantitative estimate of drug-likeness (QED) is 0.458. The molecule has 9 heteroatoms. The molecule has 3 aromatic rings. The van der Waals surface area contributed by atoms with Crippen LogP contribution in [0.4, 0.5) is 5.69 Å². The van der Waals surface area contributed by atoms with Crippen molar-refractivity contribution in [3.63, 3.8) is 0 Å². The van der Waals surface area contributed by atoms with Crippen LogP contribution in [0, 0.1) is 17.0 Å². The number of nitrogens with zero attached hydrogens (tertiary/aromatic N) is 2. The summed E-state index contributed by atoms with van der Waals surface area (Å²) in [6, 6.07) is 8.65. The number of likely N-dealkylation sites (N-methyl/N-ethyl adjacent to an activating group) is 1. The molecule has 1 aliphatic rings. The monoisotopic (exact) mass is 440 g/mol. The van der Waals surface area contributed by atoms with Crippen molar-refractivity contribution in [1.82, 2.24) is 4.90 Å². The van der Waals surface area contributed by atoms with Crippen LogP contribution in [-0.4, -0.2) is 46.3 Å². The number of aliphatic hydroxyl groups excluding tert-OH is 1. The Kier molecular flexibility index (Phi) is 5.86. The van der Waals surface area contributed by atoms with E-state index in [1.165, 1.54) is 24.3 Å². The zero-order chi connectivity index (χ0) is 23.0. The lowest BCUT2D eigenvalue weighted by Gasteiger charge is -2.34. The summed E-state index contributed by atoms with van der Waals surface area (Å²) in [6.07, 6.45) is -0.0997. The van der Waals surface area contributed by atoms with Gasteiger partial charge in [0.2, 0.25) is 0 Å². The number of aryl methyl sites for hydroxylation is 1. The Hall–Kier alpha value is -3.43. The minimum absolute atomic E-state index is 0.0236. The number of phenolic OH excluding ortho intramolecular Hbond substituents is 1. The molecular weight excluding hydrogens is 416 g/mol. The summed E-state index contributed by atoms with van der Waals surface area (Å²) in [6.45, 7) is 2.92. The highest BCUT2D eigenvalue weighted by Gasteiger charge is 2.33. The largest absolute Gasteiger partial charge is 0.507 e. The van der Waals surface area contributed by atoms with E-state index in [4.69, 9.17) is 9.15 Å². The van der Waals surface area contributed by atoms with Gasteiger partial charge in [-0.15, -0.1) is 0 Å². The zero-order valence-electron chi connectivity index (χ0n) is 17.8. The molecule has 0 spiro atoms. The number of ether oxygens (including phenoxy) is 1. The minimum atomic E-state index is -0.714. The lowest BCUT2D eigenvalue weighted by Crippen LogP contribution is -2.40. The molecule has 1 aliphatic heterocycles. The van der Waals surface area contributed by atoms with Gasteiger partial charge in [0, 0.05) is 42.3 Å². The van der Waals surface area contributed by atoms with E-state index in [1.54, 1.807) is 19.1 Å². The summed E-state index contributed by atoms with van der Waals surface area (Å²) >= 11 is 0. The van der Waals surface area contributed by atoms with Gasteiger partial charge in [-0.3, -0.25) is 14.9 Å². The van der Waals surface area contributed by atoms with Crippen LogP contribution < -0.4 is 10.2 Å². The maximum absolute atomic E-state index is 12.6. The average molecular weight is 440 g/mol. The summed E-state index contributed by atoms with van der Waals surface area (Å²) in [5.41, 5.74) is 1.05. The molecule has 1 saturated heterocycles. The Balaban J connectivity index is 1.78. The topological polar surface area (TPSA) is 126 Å². The molecule has 0 radical (unpaired) electrons. The first-order chi connectivity index (χ1) is 15.2. The molecule has 1 fully saturated rings. The van der Waals surface area contributed by atoms with Gasteiger partial charge >= 0.3 is 0 Å². The smallest absolute Gasteiger partial charge is 0.269 e. The number of fused-ring (bicyclic) bond motifs is 1. The second kappa shape index (κ2) is 8.60. The van der Waals surface area contributed by atoms with E-state index in [9.17, 15) is 25.1 Å². The maximum Gasteiger partial charge on any atom is 0.269 e. The van der Waals surface area contributed by atoms with Gasteiger partial charge in [-0.05, 0) is 44.6 Å². The highest BCUT2D eigenvalue weighted by Crippen LogP contribution is 2.42. The third-order valence-corrected chi connectivity index (χ3v) is 5.80. The van der Waals surface area contributed by atoms with Crippen LogP contribution in [0.5, 0.6) is 11.5 Å². The minimum Gasteiger partial charge on any atom is -0.507 e. The molecule has 1 aromatic heterocycles. The number of aromatic hydroxyl groups is 1. The molecule has 9 nitrogen and oxygen atoms in total. The van der Waals surface area contributed by atoms with Gasteiger partial charge in [0.1, 0.15) is 34.8 Å². The Morgan fingerprint density at radius 2 is 2.00 bits per heavy atom. The lowest BCUT2D eigenvalue weighted by molar-refractivity contribution is -0.384. The van der Waals surface area contributed by atoms with Crippen molar-refractivity contribution in [2.75, 3.05) is 20.1 Å². The summed E-state index contributed by atoms with van der Waals surface area (Å²) in [4.78, 5) is 25.0. The third-order valence-electron chi connectivity index (χ3n) is 5.80. The SMILES string of the molecule is Cc1cc(=O)c2c(O)cc(OCc3ccc([N+](=O)[O-])cc3)c([C@H]3CCN(C)C[C@H]3O)c2o1. The van der Waals surface area contributed by atoms with Crippen molar-refractivity contribution in [2.45, 2.75) is 32.0 Å². The fraction of sp³-hybridized carbons (Fsp3) is 0.348. The predicted molar refractivity (Wildman–Crippen MR) is 117 cm³/mol. The highest BCUT2D eigenvalue weighted by atomic mass is 16.6. The van der Waals surface area contributed by atoms with Crippen LogP contribution in [0.3, 0.4) is 0 Å². The van der Waals surface area contributed by atoms with Crippen LogP contribution in [0.1, 0.15) is 29.2 Å². The van der Waals surface area contributed by atoms with Crippen LogP contribution in [0.15, 0.2) is 45.6 Å². The van der Waals surface area contributed by atoms with Crippen molar-refractivity contribution in [1.29, 1.82) is 0 Å². The molecule has 4 rings (SSSR count). The van der Waals surface area contributed by atoms with Crippen molar-refractivity contribution in [2.24, 2.45) is 0 Å². The molecule has 32 heavy (non-hydrogen) atoms.